The first-order valence-corrected chi connectivity index (χ1v) is 45.2. The van der Waals surface area contributed by atoms with Gasteiger partial charge in [-0.3, -0.25) is 0 Å². The van der Waals surface area contributed by atoms with Gasteiger partial charge in [0.25, 0.3) is 0 Å². The van der Waals surface area contributed by atoms with Crippen LogP contribution in [0.5, 0.6) is 0 Å². The molecule has 0 saturated carbocycles. The van der Waals surface area contributed by atoms with E-state index >= 15 is 0 Å². The van der Waals surface area contributed by atoms with Crippen molar-refractivity contribution in [2.24, 2.45) is 0 Å². The normalized spacial score (nSPS) is 11.8. The highest BCUT2D eigenvalue weighted by Gasteiger charge is 2.24. The molecule has 482 valence electrons. The Morgan fingerprint density at radius 2 is 0.362 bits per heavy atom. The molecule has 94 heavy (non-hydrogen) atoms. The minimum Gasteiger partial charge on any atom is -0.139 e. The third-order valence-corrected chi connectivity index (χ3v) is 35.0. The molecule has 0 N–H and O–H groups in total. The van der Waals surface area contributed by atoms with E-state index in [1.807, 2.05) is 159 Å². The molecule has 0 aliphatic heterocycles. The van der Waals surface area contributed by atoms with E-state index in [1.54, 1.807) is 0 Å². The number of rotatable bonds is 33. The Bertz CT molecular complexity index is 4670. The van der Waals surface area contributed by atoms with Gasteiger partial charge in [0, 0.05) is 138 Å². The molecule has 0 aliphatic rings. The summed E-state index contributed by atoms with van der Waals surface area (Å²) < 4.78 is 0. The van der Waals surface area contributed by atoms with Crippen LogP contribution >= 0.6 is 159 Å². The van der Waals surface area contributed by atoms with Crippen LogP contribution in [0.15, 0.2) is 158 Å². The summed E-state index contributed by atoms with van der Waals surface area (Å²) in [6.45, 7) is 9.19. The van der Waals surface area contributed by atoms with Crippen molar-refractivity contribution in [1.82, 2.24) is 0 Å². The van der Waals surface area contributed by atoms with Crippen LogP contribution < -0.4 is 0 Å². The summed E-state index contributed by atoms with van der Waals surface area (Å²) in [4.78, 5) is 38.7. The van der Waals surface area contributed by atoms with E-state index in [-0.39, 0.29) is 0 Å². The molecule has 0 spiro atoms. The Morgan fingerprint density at radius 1 is 0.170 bits per heavy atom. The van der Waals surface area contributed by atoms with Crippen molar-refractivity contribution in [1.29, 1.82) is 0 Å². The van der Waals surface area contributed by atoms with Gasteiger partial charge in [-0.1, -0.05) is 105 Å². The molecule has 0 radical (unpaired) electrons. The maximum absolute atomic E-state index is 2.52. The number of hydrogen-bond donors (Lipinski definition) is 0. The van der Waals surface area contributed by atoms with E-state index in [9.17, 15) is 0 Å². The molecule has 14 aromatic heterocycles. The van der Waals surface area contributed by atoms with Crippen LogP contribution in [-0.4, -0.2) is 0 Å². The summed E-state index contributed by atoms with van der Waals surface area (Å²) in [7, 11) is 0. The van der Waals surface area contributed by atoms with Crippen LogP contribution in [0.1, 0.15) is 150 Å². The number of hydrogen-bond acceptors (Lipinski definition) is 14. The Balaban J connectivity index is 0.757. The molecule has 0 unspecified atom stereocenters. The standard InChI is InChI=1S/C80H78S14/c1-5-9-13-17-21-51-25-29-59(81-51)62-37-40-67(87-62)65-35-33-57(85-65)55-49-77(73-32-28-54(84-73)24-20-16-12-8-4)93-79(55)75-47-45-71(91-75)72-46-48-76(92-72)80-56(58-34-36-66(86-58)68-41-38-63(88-68)60-30-26-52(82-60)22-18-14-10-6-2)50-78(94-80)74-44-43-70(90-74)69-42-39-64(89-69)61-31-27-53(83-61)23-19-15-11-7-3/h25-50H,5-24H2,1-4H3. The molecule has 14 aromatic rings. The van der Waals surface area contributed by atoms with Crippen LogP contribution in [0.4, 0.5) is 0 Å². The summed E-state index contributed by atoms with van der Waals surface area (Å²) in [5.74, 6) is 0. The lowest BCUT2D eigenvalue weighted by atomic mass is 10.1. The lowest BCUT2D eigenvalue weighted by Gasteiger charge is -1.99. The molecule has 0 atom stereocenters. The summed E-state index contributed by atoms with van der Waals surface area (Å²) in [6, 6.07) is 62.0. The van der Waals surface area contributed by atoms with Gasteiger partial charge in [0.15, 0.2) is 0 Å². The molecule has 14 heterocycles. The van der Waals surface area contributed by atoms with Gasteiger partial charge in [0.1, 0.15) is 0 Å². The smallest absolute Gasteiger partial charge is 0.0536 e. The fourth-order valence-corrected chi connectivity index (χ4v) is 27.9. The predicted molar refractivity (Wildman–Crippen MR) is 439 cm³/mol. The fourth-order valence-electron chi connectivity index (χ4n) is 12.1. The van der Waals surface area contributed by atoms with Crippen LogP contribution in [0.25, 0.3) is 128 Å². The highest BCUT2D eigenvalue weighted by Crippen LogP contribution is 2.55. The van der Waals surface area contributed by atoms with E-state index < -0.39 is 0 Å². The third-order valence-electron chi connectivity index (χ3n) is 17.2. The van der Waals surface area contributed by atoms with E-state index in [0.29, 0.717) is 0 Å². The Kier molecular flexibility index (Phi) is 23.0. The summed E-state index contributed by atoms with van der Waals surface area (Å²) >= 11 is 27.5. The molecule has 0 nitrogen and oxygen atoms in total. The highest BCUT2D eigenvalue weighted by molar-refractivity contribution is 7.33. The van der Waals surface area contributed by atoms with Gasteiger partial charge in [-0.2, -0.15) is 0 Å². The Labute approximate surface area is 613 Å². The van der Waals surface area contributed by atoms with Crippen LogP contribution in [-0.2, 0) is 25.7 Å². The molecule has 14 rings (SSSR count). The van der Waals surface area contributed by atoms with E-state index in [2.05, 4.69) is 185 Å². The van der Waals surface area contributed by atoms with Gasteiger partial charge < -0.3 is 0 Å². The van der Waals surface area contributed by atoms with Gasteiger partial charge in [0.05, 0.1) is 9.75 Å². The summed E-state index contributed by atoms with van der Waals surface area (Å²) in [6.07, 6.45) is 25.6. The molecule has 0 bridgehead atoms. The van der Waals surface area contributed by atoms with E-state index in [4.69, 9.17) is 0 Å². The minimum absolute atomic E-state index is 1.17. The molecular weight excluding hydrogens is 1410 g/mol. The Hall–Kier alpha value is -4.20. The molecule has 14 heteroatoms. The second kappa shape index (κ2) is 32.2. The largest absolute Gasteiger partial charge is 0.139 e. The molecular formula is C80H78S14. The summed E-state index contributed by atoms with van der Waals surface area (Å²) in [5, 5.41) is 0. The first-order valence-electron chi connectivity index (χ1n) is 33.8. The average Bonchev–Trinajstić information content (AvgIpc) is 1.65. The van der Waals surface area contributed by atoms with Crippen LogP contribution in [0.3, 0.4) is 0 Å². The second-order valence-corrected chi connectivity index (χ2v) is 39.8. The lowest BCUT2D eigenvalue weighted by molar-refractivity contribution is 0.670. The first kappa shape index (κ1) is 67.0. The summed E-state index contributed by atoms with van der Waals surface area (Å²) in [5.41, 5.74) is 2.70. The molecule has 0 amide bonds. The zero-order chi connectivity index (χ0) is 63.7. The van der Waals surface area contributed by atoms with Crippen molar-refractivity contribution in [2.45, 2.75) is 156 Å². The van der Waals surface area contributed by atoms with E-state index in [1.165, 1.54) is 276 Å². The molecule has 0 saturated heterocycles. The zero-order valence-electron chi connectivity index (χ0n) is 53.9. The lowest BCUT2D eigenvalue weighted by Crippen LogP contribution is -1.80. The number of thiophene rings is 14. The topological polar surface area (TPSA) is 0 Å². The van der Waals surface area contributed by atoms with Gasteiger partial charge in [-0.05, 0) is 209 Å². The number of unbranched alkanes of at least 4 members (excludes halogenated alkanes) is 12. The van der Waals surface area contributed by atoms with Gasteiger partial charge in [-0.15, -0.1) is 159 Å². The Morgan fingerprint density at radius 3 is 0.628 bits per heavy atom. The van der Waals surface area contributed by atoms with E-state index in [0.717, 1.165) is 0 Å². The molecule has 0 aliphatic carbocycles. The zero-order valence-corrected chi connectivity index (χ0v) is 65.3. The third kappa shape index (κ3) is 15.9. The maximum Gasteiger partial charge on any atom is 0.0536 e. The minimum atomic E-state index is 1.17. The predicted octanol–water partition coefficient (Wildman–Crippen LogP) is 32.7. The number of aryl methyl sites for hydroxylation is 4. The average molecular weight is 1490 g/mol. The van der Waals surface area contributed by atoms with Gasteiger partial charge in [0.2, 0.25) is 0 Å². The van der Waals surface area contributed by atoms with Crippen molar-refractivity contribution in [3.8, 4) is 128 Å². The second-order valence-electron chi connectivity index (χ2n) is 24.3. The van der Waals surface area contributed by atoms with Gasteiger partial charge >= 0.3 is 0 Å². The maximum atomic E-state index is 2.52. The quantitative estimate of drug-likeness (QED) is 0.0360. The van der Waals surface area contributed by atoms with Crippen molar-refractivity contribution in [3.63, 3.8) is 0 Å². The van der Waals surface area contributed by atoms with Crippen molar-refractivity contribution in [3.05, 3.63) is 177 Å². The molecule has 0 fully saturated rings. The molecule has 0 aromatic carbocycles. The van der Waals surface area contributed by atoms with Crippen LogP contribution in [0, 0.1) is 0 Å². The fraction of sp³-hybridized carbons (Fsp3) is 0.300. The van der Waals surface area contributed by atoms with Crippen molar-refractivity contribution < 1.29 is 0 Å². The van der Waals surface area contributed by atoms with Crippen molar-refractivity contribution >= 4 is 159 Å². The first-order chi connectivity index (χ1) is 46.3. The van der Waals surface area contributed by atoms with Crippen molar-refractivity contribution in [2.75, 3.05) is 0 Å². The SMILES string of the molecule is CCCCCCc1ccc(-c2ccc(-c3ccc(-c4cc(-c5ccc(-c6ccc(-c7ccc(CCCCCC)s7)s6)s5)c(-c5ccc(-c6ccc(-c7sc(-c8ccc(CCCCCC)s8)cc7-c7ccc(-c8ccc(-c9ccc(CCCCCC)s9)s8)s7)s6)s5)s4)s3)s2)s1. The van der Waals surface area contributed by atoms with Crippen LogP contribution in [0.2, 0.25) is 0 Å². The highest BCUT2D eigenvalue weighted by atomic mass is 32.2. The van der Waals surface area contributed by atoms with Gasteiger partial charge in [-0.25, -0.2) is 0 Å². The monoisotopic (exact) mass is 1490 g/mol.